The van der Waals surface area contributed by atoms with Crippen molar-refractivity contribution in [1.29, 1.82) is 0 Å². The number of amides is 2. The number of hydrogen-bond acceptors (Lipinski definition) is 4. The average molecular weight is 379 g/mol. The standard InChI is InChI=1S/C21H25N5O2/c1-28-20-7-5-17(6-8-20)15-22-21(27)25-12-10-24(11-13-25)16-18-14-19-4-2-3-9-26(19)23-18/h2-9,14H,10-13,15-16H2,1H3,(H,22,27). The SMILES string of the molecule is COc1ccc(CNC(=O)N2CCN(Cc3cc4ccccn4n3)CC2)cc1. The minimum atomic E-state index is -0.0109. The molecular weight excluding hydrogens is 354 g/mol. The Labute approximate surface area is 164 Å². The van der Waals surface area contributed by atoms with Crippen LogP contribution in [0.2, 0.25) is 0 Å². The van der Waals surface area contributed by atoms with Gasteiger partial charge in [-0.05, 0) is 35.9 Å². The number of nitrogens with one attached hydrogen (secondary N) is 1. The number of piperazine rings is 1. The van der Waals surface area contributed by atoms with Crippen LogP contribution in [0, 0.1) is 0 Å². The molecular formula is C21H25N5O2. The summed E-state index contributed by atoms with van der Waals surface area (Å²) in [4.78, 5) is 16.7. The second kappa shape index (κ2) is 8.31. The molecule has 7 heteroatoms. The van der Waals surface area contributed by atoms with Gasteiger partial charge in [-0.3, -0.25) is 4.90 Å². The van der Waals surface area contributed by atoms with Gasteiger partial charge in [0.15, 0.2) is 0 Å². The summed E-state index contributed by atoms with van der Waals surface area (Å²) in [5.74, 6) is 0.816. The lowest BCUT2D eigenvalue weighted by Gasteiger charge is -2.34. The smallest absolute Gasteiger partial charge is 0.317 e. The molecule has 1 aliphatic rings. The van der Waals surface area contributed by atoms with E-state index < -0.39 is 0 Å². The molecule has 28 heavy (non-hydrogen) atoms. The second-order valence-electron chi connectivity index (χ2n) is 6.98. The van der Waals surface area contributed by atoms with Crippen LogP contribution in [0.3, 0.4) is 0 Å². The van der Waals surface area contributed by atoms with Crippen LogP contribution in [-0.4, -0.2) is 58.7 Å². The van der Waals surface area contributed by atoms with Gasteiger partial charge < -0.3 is 15.0 Å². The molecule has 146 valence electrons. The van der Waals surface area contributed by atoms with Crippen LogP contribution in [0.4, 0.5) is 4.79 Å². The quantitative estimate of drug-likeness (QED) is 0.739. The molecule has 0 radical (unpaired) electrons. The normalized spacial score (nSPS) is 15.0. The molecule has 2 aromatic heterocycles. The number of carbonyl (C=O) groups excluding carboxylic acids is 1. The Hall–Kier alpha value is -3.06. The van der Waals surface area contributed by atoms with Gasteiger partial charge in [-0.15, -0.1) is 0 Å². The molecule has 0 bridgehead atoms. The molecule has 3 aromatic rings. The predicted octanol–water partition coefficient (Wildman–Crippen LogP) is 2.37. The molecule has 1 aliphatic heterocycles. The summed E-state index contributed by atoms with van der Waals surface area (Å²) >= 11 is 0. The fraction of sp³-hybridized carbons (Fsp3) is 0.333. The van der Waals surface area contributed by atoms with Gasteiger partial charge in [-0.2, -0.15) is 5.10 Å². The second-order valence-corrected chi connectivity index (χ2v) is 6.98. The van der Waals surface area contributed by atoms with Crippen molar-refractivity contribution in [2.45, 2.75) is 13.1 Å². The first-order valence-corrected chi connectivity index (χ1v) is 9.52. The average Bonchev–Trinajstić information content (AvgIpc) is 3.15. The van der Waals surface area contributed by atoms with Crippen molar-refractivity contribution in [3.63, 3.8) is 0 Å². The Balaban J connectivity index is 1.24. The summed E-state index contributed by atoms with van der Waals surface area (Å²) in [6.45, 7) is 4.48. The Kier molecular flexibility index (Phi) is 5.43. The largest absolute Gasteiger partial charge is 0.497 e. The lowest BCUT2D eigenvalue weighted by atomic mass is 10.2. The van der Waals surface area contributed by atoms with Gasteiger partial charge in [0.1, 0.15) is 5.75 Å². The van der Waals surface area contributed by atoms with Crippen LogP contribution in [-0.2, 0) is 13.1 Å². The number of fused-ring (bicyclic) bond motifs is 1. The Morgan fingerprint density at radius 1 is 1.11 bits per heavy atom. The van der Waals surface area contributed by atoms with Crippen molar-refractivity contribution in [3.8, 4) is 5.75 Å². The fourth-order valence-corrected chi connectivity index (χ4v) is 3.44. The number of nitrogens with zero attached hydrogens (tertiary/aromatic N) is 4. The first kappa shape index (κ1) is 18.3. The van der Waals surface area contributed by atoms with Crippen molar-refractivity contribution < 1.29 is 9.53 Å². The van der Waals surface area contributed by atoms with Gasteiger partial charge >= 0.3 is 6.03 Å². The van der Waals surface area contributed by atoms with Crippen molar-refractivity contribution in [3.05, 3.63) is 66.0 Å². The molecule has 3 heterocycles. The van der Waals surface area contributed by atoms with E-state index in [1.165, 1.54) is 0 Å². The lowest BCUT2D eigenvalue weighted by molar-refractivity contribution is 0.134. The topological polar surface area (TPSA) is 62.1 Å². The summed E-state index contributed by atoms with van der Waals surface area (Å²) in [6.07, 6.45) is 1.96. The van der Waals surface area contributed by atoms with Gasteiger partial charge in [-0.25, -0.2) is 9.31 Å². The summed E-state index contributed by atoms with van der Waals surface area (Å²) in [5.41, 5.74) is 3.22. The number of urea groups is 1. The highest BCUT2D eigenvalue weighted by Gasteiger charge is 2.21. The highest BCUT2D eigenvalue weighted by Crippen LogP contribution is 2.12. The number of rotatable bonds is 5. The molecule has 1 aromatic carbocycles. The number of benzene rings is 1. The number of carbonyl (C=O) groups is 1. The molecule has 1 N–H and O–H groups in total. The maximum absolute atomic E-state index is 12.4. The molecule has 0 spiro atoms. The highest BCUT2D eigenvalue weighted by atomic mass is 16.5. The number of aromatic nitrogens is 2. The van der Waals surface area contributed by atoms with Crippen molar-refractivity contribution in [2.75, 3.05) is 33.3 Å². The van der Waals surface area contributed by atoms with E-state index in [1.807, 2.05) is 52.0 Å². The van der Waals surface area contributed by atoms with Crippen LogP contribution in [0.15, 0.2) is 54.7 Å². The molecule has 0 atom stereocenters. The van der Waals surface area contributed by atoms with E-state index in [1.54, 1.807) is 7.11 Å². The van der Waals surface area contributed by atoms with E-state index in [0.29, 0.717) is 6.54 Å². The summed E-state index contributed by atoms with van der Waals surface area (Å²) in [6, 6.07) is 15.9. The summed E-state index contributed by atoms with van der Waals surface area (Å²) in [7, 11) is 1.64. The van der Waals surface area contributed by atoms with Crippen molar-refractivity contribution in [2.24, 2.45) is 0 Å². The van der Waals surface area contributed by atoms with Crippen molar-refractivity contribution in [1.82, 2.24) is 24.7 Å². The number of ether oxygens (including phenoxy) is 1. The van der Waals surface area contributed by atoms with Gasteiger partial charge in [0.2, 0.25) is 0 Å². The monoisotopic (exact) mass is 379 g/mol. The Morgan fingerprint density at radius 3 is 2.61 bits per heavy atom. The van der Waals surface area contributed by atoms with Gasteiger partial charge in [0, 0.05) is 45.5 Å². The first-order valence-electron chi connectivity index (χ1n) is 9.52. The zero-order valence-electron chi connectivity index (χ0n) is 16.0. The molecule has 1 saturated heterocycles. The van der Waals surface area contributed by atoms with Crippen molar-refractivity contribution >= 4 is 11.5 Å². The van der Waals surface area contributed by atoms with E-state index >= 15 is 0 Å². The third kappa shape index (κ3) is 4.26. The third-order valence-electron chi connectivity index (χ3n) is 5.07. The first-order chi connectivity index (χ1) is 13.7. The van der Waals surface area contributed by atoms with Crippen LogP contribution < -0.4 is 10.1 Å². The molecule has 2 amide bonds. The minimum absolute atomic E-state index is 0.0109. The molecule has 0 unspecified atom stereocenters. The molecule has 4 rings (SSSR count). The van der Waals surface area contributed by atoms with Gasteiger partial charge in [0.25, 0.3) is 0 Å². The molecule has 0 saturated carbocycles. The number of methoxy groups -OCH3 is 1. The highest BCUT2D eigenvalue weighted by molar-refractivity contribution is 5.74. The zero-order valence-corrected chi connectivity index (χ0v) is 16.0. The maximum Gasteiger partial charge on any atom is 0.317 e. The minimum Gasteiger partial charge on any atom is -0.497 e. The van der Waals surface area contributed by atoms with E-state index in [0.717, 1.165) is 55.2 Å². The lowest BCUT2D eigenvalue weighted by Crippen LogP contribution is -2.51. The molecule has 7 nitrogen and oxygen atoms in total. The van der Waals surface area contributed by atoms with Crippen LogP contribution in [0.1, 0.15) is 11.3 Å². The summed E-state index contributed by atoms with van der Waals surface area (Å²) in [5, 5.41) is 7.61. The van der Waals surface area contributed by atoms with E-state index in [9.17, 15) is 4.79 Å². The fourth-order valence-electron chi connectivity index (χ4n) is 3.44. The van der Waals surface area contributed by atoms with E-state index in [-0.39, 0.29) is 6.03 Å². The maximum atomic E-state index is 12.4. The Bertz CT molecular complexity index is 896. The molecule has 0 aliphatic carbocycles. The number of hydrogen-bond donors (Lipinski definition) is 1. The van der Waals surface area contributed by atoms with E-state index in [4.69, 9.17) is 4.74 Å². The predicted molar refractivity (Wildman–Crippen MR) is 107 cm³/mol. The zero-order chi connectivity index (χ0) is 19.3. The van der Waals surface area contributed by atoms with Crippen LogP contribution in [0.25, 0.3) is 5.52 Å². The van der Waals surface area contributed by atoms with Gasteiger partial charge in [0.05, 0.1) is 18.3 Å². The molecule has 1 fully saturated rings. The number of pyridine rings is 1. The van der Waals surface area contributed by atoms with Crippen LogP contribution >= 0.6 is 0 Å². The van der Waals surface area contributed by atoms with E-state index in [2.05, 4.69) is 27.4 Å². The summed E-state index contributed by atoms with van der Waals surface area (Å²) < 4.78 is 7.05. The van der Waals surface area contributed by atoms with Crippen LogP contribution in [0.5, 0.6) is 5.75 Å². The Morgan fingerprint density at radius 2 is 1.89 bits per heavy atom. The van der Waals surface area contributed by atoms with Gasteiger partial charge in [-0.1, -0.05) is 18.2 Å². The third-order valence-corrected chi connectivity index (χ3v) is 5.07.